The molecular weight excluding hydrogens is 375 g/mol. The van der Waals surface area contributed by atoms with Crippen LogP contribution in [0.2, 0.25) is 14.8 Å². The minimum atomic E-state index is -2.08. The third kappa shape index (κ3) is 3.77. The van der Waals surface area contributed by atoms with Crippen LogP contribution >= 0.6 is 15.9 Å². The van der Waals surface area contributed by atoms with E-state index in [0.717, 1.165) is 5.56 Å². The molecule has 2 nitrogen and oxygen atoms in total. The molecule has 0 bridgehead atoms. The summed E-state index contributed by atoms with van der Waals surface area (Å²) in [5.74, 6) is 0.442. The average Bonchev–Trinajstić information content (AvgIpc) is 2.15. The number of esters is 1. The van der Waals surface area contributed by atoms with Crippen molar-refractivity contribution < 1.29 is 9.53 Å². The first-order chi connectivity index (χ1) is 7.34. The maximum atomic E-state index is 11.0. The van der Waals surface area contributed by atoms with Crippen molar-refractivity contribution in [2.24, 2.45) is 0 Å². The van der Waals surface area contributed by atoms with E-state index >= 15 is 0 Å². The first-order valence-corrected chi connectivity index (χ1v) is 16.3. The third-order valence-corrected chi connectivity index (χ3v) is 8.77. The molecule has 0 spiro atoms. The van der Waals surface area contributed by atoms with Gasteiger partial charge in [0.25, 0.3) is 0 Å². The SMILES string of the molecule is CC(=O)Oc1c[c]([Sn]([CH3])([CH3])[CH3])ccc1CBr. The van der Waals surface area contributed by atoms with Crippen molar-refractivity contribution in [1.29, 1.82) is 0 Å². The molecule has 1 rings (SSSR count). The Morgan fingerprint density at radius 1 is 1.38 bits per heavy atom. The molecule has 0 heterocycles. The van der Waals surface area contributed by atoms with E-state index < -0.39 is 18.4 Å². The molecule has 0 aromatic heterocycles. The van der Waals surface area contributed by atoms with Crippen LogP contribution in [0, 0.1) is 0 Å². The van der Waals surface area contributed by atoms with Gasteiger partial charge in [0.1, 0.15) is 0 Å². The molecule has 0 amide bonds. The molecule has 0 N–H and O–H groups in total. The van der Waals surface area contributed by atoms with Crippen LogP contribution in [0.4, 0.5) is 0 Å². The van der Waals surface area contributed by atoms with Crippen LogP contribution in [-0.2, 0) is 10.1 Å². The molecule has 0 saturated carbocycles. The van der Waals surface area contributed by atoms with Crippen LogP contribution in [-0.4, -0.2) is 24.3 Å². The molecule has 0 saturated heterocycles. The first-order valence-electron chi connectivity index (χ1n) is 5.22. The molecular formula is C12H17BrO2Sn. The molecule has 16 heavy (non-hydrogen) atoms. The van der Waals surface area contributed by atoms with E-state index in [0.29, 0.717) is 11.1 Å². The number of rotatable bonds is 3. The van der Waals surface area contributed by atoms with Gasteiger partial charge in [-0.1, -0.05) is 0 Å². The summed E-state index contributed by atoms with van der Waals surface area (Å²) < 4.78 is 6.61. The molecule has 0 aliphatic carbocycles. The van der Waals surface area contributed by atoms with Crippen molar-refractivity contribution in [2.75, 3.05) is 0 Å². The normalized spacial score (nSPS) is 11.3. The van der Waals surface area contributed by atoms with E-state index in [1.807, 2.05) is 12.1 Å². The molecule has 4 heteroatoms. The Bertz CT molecular complexity index is 396. The zero-order valence-electron chi connectivity index (χ0n) is 10.1. The van der Waals surface area contributed by atoms with E-state index in [9.17, 15) is 4.79 Å². The van der Waals surface area contributed by atoms with E-state index in [2.05, 4.69) is 36.8 Å². The number of hydrogen-bond donors (Lipinski definition) is 0. The number of halogens is 1. The second kappa shape index (κ2) is 5.54. The van der Waals surface area contributed by atoms with Crippen molar-refractivity contribution >= 4 is 43.9 Å². The Morgan fingerprint density at radius 2 is 2.00 bits per heavy atom. The maximum absolute atomic E-state index is 11.0. The number of carbonyl (C=O) groups is 1. The average molecular weight is 392 g/mol. The summed E-state index contributed by atoms with van der Waals surface area (Å²) in [6.07, 6.45) is 0. The predicted octanol–water partition coefficient (Wildman–Crippen LogP) is 3.05. The van der Waals surface area contributed by atoms with Crippen LogP contribution in [0.5, 0.6) is 5.75 Å². The fraction of sp³-hybridized carbons (Fsp3) is 0.417. The third-order valence-electron chi connectivity index (χ3n) is 2.33. The molecule has 0 fully saturated rings. The molecule has 0 aliphatic rings. The number of alkyl halides is 1. The molecule has 1 aromatic rings. The monoisotopic (exact) mass is 392 g/mol. The van der Waals surface area contributed by atoms with Crippen molar-refractivity contribution in [3.63, 3.8) is 0 Å². The summed E-state index contributed by atoms with van der Waals surface area (Å²) in [5, 5.41) is 0.704. The van der Waals surface area contributed by atoms with Gasteiger partial charge in [-0.15, -0.1) is 0 Å². The zero-order chi connectivity index (χ0) is 12.3. The van der Waals surface area contributed by atoms with Gasteiger partial charge in [-0.25, -0.2) is 0 Å². The van der Waals surface area contributed by atoms with Gasteiger partial charge in [0.05, 0.1) is 0 Å². The molecule has 0 aliphatic heterocycles. The fourth-order valence-corrected chi connectivity index (χ4v) is 5.12. The van der Waals surface area contributed by atoms with Gasteiger partial charge in [0, 0.05) is 0 Å². The summed E-state index contributed by atoms with van der Waals surface area (Å²) in [5.41, 5.74) is 1.02. The second-order valence-corrected chi connectivity index (χ2v) is 19.9. The standard InChI is InChI=1S/C9H8BrO2.3CH3.Sn/c1-7(11)12-9-5-3-2-4-8(9)6-10;;;;/h2,4-5H,6H2,1H3;3*1H3;. The first kappa shape index (κ1) is 14.0. The van der Waals surface area contributed by atoms with E-state index in [1.54, 1.807) is 0 Å². The summed E-state index contributed by atoms with van der Waals surface area (Å²) >= 11 is 1.32. The van der Waals surface area contributed by atoms with Crippen molar-refractivity contribution in [1.82, 2.24) is 0 Å². The second-order valence-electron chi connectivity index (χ2n) is 4.80. The van der Waals surface area contributed by atoms with Crippen molar-refractivity contribution in [2.45, 2.75) is 27.1 Å². The van der Waals surface area contributed by atoms with Crippen molar-refractivity contribution in [3.8, 4) is 5.75 Å². The minimum absolute atomic E-state index is 0.261. The molecule has 0 radical (unpaired) electrons. The van der Waals surface area contributed by atoms with Crippen LogP contribution in [0.15, 0.2) is 18.2 Å². The fourth-order valence-electron chi connectivity index (χ4n) is 1.38. The summed E-state index contributed by atoms with van der Waals surface area (Å²) in [4.78, 5) is 18.0. The number of carbonyl (C=O) groups excluding carboxylic acids is 1. The van der Waals surface area contributed by atoms with Gasteiger partial charge < -0.3 is 0 Å². The van der Waals surface area contributed by atoms with Gasteiger partial charge in [-0.2, -0.15) is 0 Å². The predicted molar refractivity (Wildman–Crippen MR) is 73.4 cm³/mol. The van der Waals surface area contributed by atoms with Gasteiger partial charge >= 0.3 is 110 Å². The van der Waals surface area contributed by atoms with Gasteiger partial charge in [0.15, 0.2) is 0 Å². The van der Waals surface area contributed by atoms with Gasteiger partial charge in [0.2, 0.25) is 0 Å². The van der Waals surface area contributed by atoms with E-state index in [4.69, 9.17) is 4.74 Å². The number of ether oxygens (including phenoxy) is 1. The summed E-state index contributed by atoms with van der Waals surface area (Å²) in [6.45, 7) is 1.44. The Balaban J connectivity index is 3.16. The van der Waals surface area contributed by atoms with E-state index in [1.165, 1.54) is 10.5 Å². The van der Waals surface area contributed by atoms with Crippen molar-refractivity contribution in [3.05, 3.63) is 23.8 Å². The Hall–Kier alpha value is -0.0313. The topological polar surface area (TPSA) is 26.3 Å². The number of hydrogen-bond acceptors (Lipinski definition) is 2. The van der Waals surface area contributed by atoms with Crippen LogP contribution in [0.3, 0.4) is 0 Å². The van der Waals surface area contributed by atoms with Crippen LogP contribution in [0.1, 0.15) is 12.5 Å². The Kier molecular flexibility index (Phi) is 4.86. The Labute approximate surface area is 109 Å². The molecule has 0 unspecified atom stereocenters. The summed E-state index contributed by atoms with van der Waals surface area (Å²) in [6, 6.07) is 6.25. The number of benzene rings is 1. The molecule has 1 aromatic carbocycles. The zero-order valence-corrected chi connectivity index (χ0v) is 14.6. The Morgan fingerprint density at radius 3 is 2.44 bits per heavy atom. The van der Waals surface area contributed by atoms with Gasteiger partial charge in [-0.3, -0.25) is 0 Å². The molecule has 88 valence electrons. The quantitative estimate of drug-likeness (QED) is 0.342. The van der Waals surface area contributed by atoms with E-state index in [-0.39, 0.29) is 5.97 Å². The molecule has 0 atom stereocenters. The summed E-state index contributed by atoms with van der Waals surface area (Å²) in [7, 11) is 0. The van der Waals surface area contributed by atoms with Gasteiger partial charge in [-0.05, 0) is 0 Å². The van der Waals surface area contributed by atoms with Crippen LogP contribution < -0.4 is 8.32 Å². The van der Waals surface area contributed by atoms with Crippen LogP contribution in [0.25, 0.3) is 0 Å².